The molecule has 38 heavy (non-hydrogen) atoms. The first-order valence-corrected chi connectivity index (χ1v) is 13.2. The number of nitrogens with zero attached hydrogens (tertiary/aromatic N) is 1. The van der Waals surface area contributed by atoms with Crippen LogP contribution in [-0.2, 0) is 29.0 Å². The lowest BCUT2D eigenvalue weighted by Gasteiger charge is -2.26. The summed E-state index contributed by atoms with van der Waals surface area (Å²) in [5.41, 5.74) is 4.57. The highest BCUT2D eigenvalue weighted by molar-refractivity contribution is 6.46. The molecule has 0 spiro atoms. The fourth-order valence-electron chi connectivity index (χ4n) is 5.47. The smallest absolute Gasteiger partial charge is 0.295 e. The van der Waals surface area contributed by atoms with Gasteiger partial charge in [-0.3, -0.25) is 9.59 Å². The van der Waals surface area contributed by atoms with Crippen LogP contribution in [-0.4, -0.2) is 34.9 Å². The third kappa shape index (κ3) is 4.91. The van der Waals surface area contributed by atoms with Gasteiger partial charge < -0.3 is 19.5 Å². The minimum absolute atomic E-state index is 0.0410. The van der Waals surface area contributed by atoms with E-state index in [1.165, 1.54) is 16.0 Å². The highest BCUT2D eigenvalue weighted by atomic mass is 16.5. The summed E-state index contributed by atoms with van der Waals surface area (Å²) < 4.78 is 11.4. The normalized spacial score (nSPS) is 18.5. The number of para-hydroxylation sites is 1. The number of aliphatic hydroxyl groups excluding tert-OH is 1. The number of hydrogen-bond donors (Lipinski definition) is 1. The van der Waals surface area contributed by atoms with E-state index in [0.29, 0.717) is 22.6 Å². The summed E-state index contributed by atoms with van der Waals surface area (Å²) in [6, 6.07) is 19.9. The molecule has 1 unspecified atom stereocenters. The molecule has 6 heteroatoms. The average molecular weight is 512 g/mol. The molecule has 196 valence electrons. The predicted octanol–water partition coefficient (Wildman–Crippen LogP) is 5.98. The number of benzene rings is 3. The van der Waals surface area contributed by atoms with Crippen molar-refractivity contribution in [1.29, 1.82) is 0 Å². The first-order valence-electron chi connectivity index (χ1n) is 13.2. The van der Waals surface area contributed by atoms with E-state index in [1.807, 2.05) is 80.6 Å². The Morgan fingerprint density at radius 3 is 2.50 bits per heavy atom. The molecule has 0 bridgehead atoms. The van der Waals surface area contributed by atoms with Gasteiger partial charge in [-0.1, -0.05) is 42.5 Å². The minimum Gasteiger partial charge on any atom is -0.507 e. The first-order chi connectivity index (χ1) is 18.4. The van der Waals surface area contributed by atoms with Crippen LogP contribution in [0, 0.1) is 0 Å². The van der Waals surface area contributed by atoms with E-state index in [2.05, 4.69) is 0 Å². The minimum atomic E-state index is -0.786. The van der Waals surface area contributed by atoms with E-state index in [0.717, 1.165) is 31.2 Å². The van der Waals surface area contributed by atoms with Gasteiger partial charge in [0.25, 0.3) is 11.7 Å². The Balaban J connectivity index is 1.64. The predicted molar refractivity (Wildman–Crippen MR) is 146 cm³/mol. The Morgan fingerprint density at radius 2 is 1.74 bits per heavy atom. The van der Waals surface area contributed by atoms with Crippen LogP contribution in [0.25, 0.3) is 5.76 Å². The van der Waals surface area contributed by atoms with E-state index >= 15 is 0 Å². The summed E-state index contributed by atoms with van der Waals surface area (Å²) in [4.78, 5) is 28.5. The third-order valence-electron chi connectivity index (χ3n) is 7.24. The largest absolute Gasteiger partial charge is 0.507 e. The molecule has 1 atom stereocenters. The Morgan fingerprint density at radius 1 is 0.974 bits per heavy atom. The molecule has 1 aliphatic heterocycles. The van der Waals surface area contributed by atoms with Gasteiger partial charge in [0.15, 0.2) is 0 Å². The molecule has 3 aromatic carbocycles. The number of carbonyl (C=O) groups excluding carboxylic acids is 2. The maximum Gasteiger partial charge on any atom is 0.295 e. The SMILES string of the molecule is COc1ccccc1CN1C(=O)C(=O)/C(=C(\O)c2ccc3c(c2)CCCC3)C1c1cccc(OC(C)C)c1. The standard InChI is InChI=1S/C32H33NO5/c1-20(2)38-26-13-8-12-23(18-26)29-28(30(34)24-16-15-21-9-4-5-10-22(21)17-24)31(35)32(36)33(29)19-25-11-6-7-14-27(25)37-3/h6-8,11-18,20,29,34H,4-5,9-10,19H2,1-3H3/b30-28-. The number of carbonyl (C=O) groups is 2. The zero-order valence-corrected chi connectivity index (χ0v) is 22.1. The summed E-state index contributed by atoms with van der Waals surface area (Å²) in [6.45, 7) is 4.03. The van der Waals surface area contributed by atoms with Crippen molar-refractivity contribution in [1.82, 2.24) is 4.90 Å². The lowest BCUT2D eigenvalue weighted by atomic mass is 9.88. The van der Waals surface area contributed by atoms with Crippen LogP contribution >= 0.6 is 0 Å². The summed E-state index contributed by atoms with van der Waals surface area (Å²) >= 11 is 0. The van der Waals surface area contributed by atoms with Crippen molar-refractivity contribution in [3.8, 4) is 11.5 Å². The molecule has 1 saturated heterocycles. The molecular formula is C32H33NO5. The van der Waals surface area contributed by atoms with Gasteiger partial charge >= 0.3 is 0 Å². The number of likely N-dealkylation sites (tertiary alicyclic amines) is 1. The lowest BCUT2D eigenvalue weighted by molar-refractivity contribution is -0.140. The van der Waals surface area contributed by atoms with E-state index in [-0.39, 0.29) is 24.0 Å². The Labute approximate surface area is 223 Å². The lowest BCUT2D eigenvalue weighted by Crippen LogP contribution is -2.29. The van der Waals surface area contributed by atoms with E-state index in [1.54, 1.807) is 7.11 Å². The maximum atomic E-state index is 13.5. The Kier molecular flexibility index (Phi) is 7.23. The van der Waals surface area contributed by atoms with Crippen LogP contribution in [0.2, 0.25) is 0 Å². The van der Waals surface area contributed by atoms with Crippen LogP contribution in [0.1, 0.15) is 60.5 Å². The third-order valence-corrected chi connectivity index (χ3v) is 7.24. The van der Waals surface area contributed by atoms with Gasteiger partial charge in [-0.05, 0) is 80.5 Å². The van der Waals surface area contributed by atoms with Crippen molar-refractivity contribution in [2.24, 2.45) is 0 Å². The highest BCUT2D eigenvalue weighted by Crippen LogP contribution is 2.42. The van der Waals surface area contributed by atoms with Crippen molar-refractivity contribution in [3.05, 3.63) is 100 Å². The maximum absolute atomic E-state index is 13.5. The number of ether oxygens (including phenoxy) is 2. The molecule has 2 aliphatic rings. The Bertz CT molecular complexity index is 1410. The van der Waals surface area contributed by atoms with Gasteiger partial charge in [0.05, 0.1) is 31.4 Å². The van der Waals surface area contributed by atoms with Crippen LogP contribution in [0.15, 0.2) is 72.3 Å². The second kappa shape index (κ2) is 10.7. The fourth-order valence-corrected chi connectivity index (χ4v) is 5.47. The summed E-state index contributed by atoms with van der Waals surface area (Å²) in [5.74, 6) is -0.251. The van der Waals surface area contributed by atoms with Gasteiger partial charge in [0, 0.05) is 11.1 Å². The van der Waals surface area contributed by atoms with Crippen molar-refractivity contribution in [3.63, 3.8) is 0 Å². The number of aliphatic hydroxyl groups is 1. The summed E-state index contributed by atoms with van der Waals surface area (Å²) in [7, 11) is 1.58. The molecule has 0 saturated carbocycles. The monoisotopic (exact) mass is 511 g/mol. The van der Waals surface area contributed by atoms with Crippen molar-refractivity contribution in [2.75, 3.05) is 7.11 Å². The first kappa shape index (κ1) is 25.6. The quantitative estimate of drug-likeness (QED) is 0.240. The fraction of sp³-hybridized carbons (Fsp3) is 0.312. The number of fused-ring (bicyclic) bond motifs is 1. The molecule has 3 aromatic rings. The summed E-state index contributed by atoms with van der Waals surface area (Å²) in [5, 5.41) is 11.6. The molecule has 5 rings (SSSR count). The average Bonchev–Trinajstić information content (AvgIpc) is 3.17. The number of methoxy groups -OCH3 is 1. The second-order valence-corrected chi connectivity index (χ2v) is 10.2. The zero-order chi connectivity index (χ0) is 26.8. The highest BCUT2D eigenvalue weighted by Gasteiger charge is 2.46. The van der Waals surface area contributed by atoms with Crippen molar-refractivity contribution < 1.29 is 24.2 Å². The molecule has 6 nitrogen and oxygen atoms in total. The van der Waals surface area contributed by atoms with Gasteiger partial charge in [0.1, 0.15) is 17.3 Å². The number of ketones is 1. The number of amides is 1. The number of aryl methyl sites for hydroxylation is 2. The van der Waals surface area contributed by atoms with Crippen LogP contribution in [0.3, 0.4) is 0 Å². The number of rotatable bonds is 7. The van der Waals surface area contributed by atoms with E-state index in [4.69, 9.17) is 9.47 Å². The topological polar surface area (TPSA) is 76.1 Å². The van der Waals surface area contributed by atoms with Crippen molar-refractivity contribution in [2.45, 2.75) is 58.2 Å². The Hall–Kier alpha value is -4.06. The summed E-state index contributed by atoms with van der Waals surface area (Å²) in [6.07, 6.45) is 4.17. The van der Waals surface area contributed by atoms with Gasteiger partial charge in [0.2, 0.25) is 0 Å². The number of Topliss-reactive ketones (excluding diaryl/α,β-unsaturated/α-hetero) is 1. The molecule has 1 aliphatic carbocycles. The number of hydrogen-bond acceptors (Lipinski definition) is 5. The van der Waals surface area contributed by atoms with Crippen LogP contribution in [0.5, 0.6) is 11.5 Å². The van der Waals surface area contributed by atoms with Crippen LogP contribution in [0.4, 0.5) is 0 Å². The molecule has 0 radical (unpaired) electrons. The molecule has 1 fully saturated rings. The van der Waals surface area contributed by atoms with Gasteiger partial charge in [-0.25, -0.2) is 0 Å². The van der Waals surface area contributed by atoms with E-state index < -0.39 is 17.7 Å². The zero-order valence-electron chi connectivity index (χ0n) is 22.1. The van der Waals surface area contributed by atoms with Crippen LogP contribution < -0.4 is 9.47 Å². The molecule has 1 amide bonds. The second-order valence-electron chi connectivity index (χ2n) is 10.2. The van der Waals surface area contributed by atoms with Gasteiger partial charge in [-0.15, -0.1) is 0 Å². The molecule has 1 heterocycles. The van der Waals surface area contributed by atoms with E-state index in [9.17, 15) is 14.7 Å². The molecule has 0 aromatic heterocycles. The molecule has 1 N–H and O–H groups in total. The van der Waals surface area contributed by atoms with Gasteiger partial charge in [-0.2, -0.15) is 0 Å². The van der Waals surface area contributed by atoms with Crippen molar-refractivity contribution >= 4 is 17.4 Å². The molecular weight excluding hydrogens is 478 g/mol.